The van der Waals surface area contributed by atoms with Crippen molar-refractivity contribution >= 4 is 40.6 Å². The zero-order valence-electron chi connectivity index (χ0n) is 20.7. The summed E-state index contributed by atoms with van der Waals surface area (Å²) in [6, 6.07) is 10.3. The van der Waals surface area contributed by atoms with Crippen LogP contribution in [0, 0.1) is 29.4 Å². The molecule has 4 rings (SSSR count). The number of methoxy groups -OCH3 is 1. The number of hydrogen-bond donors (Lipinski definition) is 1. The van der Waals surface area contributed by atoms with Crippen molar-refractivity contribution in [1.29, 1.82) is 0 Å². The van der Waals surface area contributed by atoms with Gasteiger partial charge in [0.15, 0.2) is 5.11 Å². The molecular weight excluding hydrogens is 480 g/mol. The lowest BCUT2D eigenvalue weighted by Gasteiger charge is -2.40. The van der Waals surface area contributed by atoms with E-state index in [0.29, 0.717) is 18.2 Å². The van der Waals surface area contributed by atoms with Gasteiger partial charge in [-0.3, -0.25) is 14.9 Å². The number of piperidine rings is 1. The first-order valence-electron chi connectivity index (χ1n) is 11.9. The molecule has 1 N–H and O–H groups in total. The number of anilines is 1. The number of hydrogen-bond acceptors (Lipinski definition) is 6. The van der Waals surface area contributed by atoms with Gasteiger partial charge in [-0.1, -0.05) is 12.1 Å². The molecule has 0 aromatic heterocycles. The Morgan fingerprint density at radius 1 is 1.06 bits per heavy atom. The molecule has 1 spiro atoms. The number of nitro groups is 1. The minimum absolute atomic E-state index is 0.00404. The lowest BCUT2D eigenvalue weighted by Crippen LogP contribution is -2.46. The summed E-state index contributed by atoms with van der Waals surface area (Å²) in [7, 11) is 1.14. The average molecular weight is 511 g/mol. The molecule has 2 fully saturated rings. The summed E-state index contributed by atoms with van der Waals surface area (Å²) < 4.78 is 4.74. The third kappa shape index (κ3) is 5.18. The summed E-state index contributed by atoms with van der Waals surface area (Å²) in [6.45, 7) is 6.75. The average Bonchev–Trinajstić information content (AvgIpc) is 3.25. The van der Waals surface area contributed by atoms with E-state index < -0.39 is 16.6 Å². The Bertz CT molecular complexity index is 1200. The molecule has 2 aliphatic rings. The summed E-state index contributed by atoms with van der Waals surface area (Å²) in [5.41, 5.74) is 2.57. The summed E-state index contributed by atoms with van der Waals surface area (Å²) >= 11 is 5.67. The smallest absolute Gasteiger partial charge is 0.345 e. The highest BCUT2D eigenvalue weighted by Crippen LogP contribution is 2.41. The highest BCUT2D eigenvalue weighted by atomic mass is 32.1. The van der Waals surface area contributed by atoms with E-state index in [0.717, 1.165) is 45.1 Å². The molecular formula is C26H30N4O5S. The van der Waals surface area contributed by atoms with Crippen molar-refractivity contribution in [2.75, 3.05) is 38.6 Å². The molecule has 0 radical (unpaired) electrons. The number of esters is 1. The molecule has 0 atom stereocenters. The zero-order valence-corrected chi connectivity index (χ0v) is 21.5. The minimum Gasteiger partial charge on any atom is -0.465 e. The van der Waals surface area contributed by atoms with Crippen molar-refractivity contribution in [3.05, 3.63) is 68.8 Å². The number of nitro benzene ring substituents is 1. The second-order valence-electron chi connectivity index (χ2n) is 9.72. The molecule has 10 heteroatoms. The van der Waals surface area contributed by atoms with Crippen LogP contribution in [0.3, 0.4) is 0 Å². The monoisotopic (exact) mass is 510 g/mol. The number of nitrogens with one attached hydrogen (secondary N) is 1. The molecule has 2 heterocycles. The number of carbonyl (C=O) groups excluding carboxylic acids is 2. The molecule has 0 unspecified atom stereocenters. The van der Waals surface area contributed by atoms with Crippen LogP contribution in [0.1, 0.15) is 51.1 Å². The molecule has 1 amide bonds. The number of thiocarbonyl (C=S) groups is 1. The number of amides is 1. The number of nitrogens with zero attached hydrogens (tertiary/aromatic N) is 3. The van der Waals surface area contributed by atoms with Crippen LogP contribution >= 0.6 is 12.2 Å². The van der Waals surface area contributed by atoms with Crippen LogP contribution in [0.4, 0.5) is 11.4 Å². The van der Waals surface area contributed by atoms with Crippen molar-refractivity contribution in [2.24, 2.45) is 5.41 Å². The maximum absolute atomic E-state index is 13.4. The van der Waals surface area contributed by atoms with E-state index in [2.05, 4.69) is 42.3 Å². The van der Waals surface area contributed by atoms with Crippen molar-refractivity contribution in [2.45, 2.75) is 33.1 Å². The van der Waals surface area contributed by atoms with E-state index in [4.69, 9.17) is 17.0 Å². The maximum Gasteiger partial charge on any atom is 0.345 e. The van der Waals surface area contributed by atoms with E-state index in [1.165, 1.54) is 29.3 Å². The van der Waals surface area contributed by atoms with Crippen LogP contribution in [-0.4, -0.2) is 65.0 Å². The molecule has 0 saturated carbocycles. The Morgan fingerprint density at radius 3 is 2.25 bits per heavy atom. The zero-order chi connectivity index (χ0) is 26.0. The maximum atomic E-state index is 13.4. The number of rotatable bonds is 4. The van der Waals surface area contributed by atoms with E-state index in [9.17, 15) is 19.7 Å². The van der Waals surface area contributed by atoms with Crippen LogP contribution in [0.5, 0.6) is 0 Å². The predicted octanol–water partition coefficient (Wildman–Crippen LogP) is 4.32. The Morgan fingerprint density at radius 2 is 1.67 bits per heavy atom. The molecule has 0 bridgehead atoms. The summed E-state index contributed by atoms with van der Waals surface area (Å²) in [5.74, 6) is -1.27. The van der Waals surface area contributed by atoms with E-state index in [-0.39, 0.29) is 22.4 Å². The van der Waals surface area contributed by atoms with Gasteiger partial charge in [-0.2, -0.15) is 0 Å². The summed E-state index contributed by atoms with van der Waals surface area (Å²) in [4.78, 5) is 40.4. The summed E-state index contributed by atoms with van der Waals surface area (Å²) in [6.07, 6.45) is 2.60. The fraction of sp³-hybridized carbons (Fsp3) is 0.423. The molecule has 0 aliphatic carbocycles. The van der Waals surface area contributed by atoms with Crippen LogP contribution in [0.2, 0.25) is 0 Å². The van der Waals surface area contributed by atoms with Crippen LogP contribution in [0.15, 0.2) is 36.4 Å². The fourth-order valence-electron chi connectivity index (χ4n) is 5.31. The topological polar surface area (TPSA) is 105 Å². The number of likely N-dealkylation sites (tertiary alicyclic amines) is 2. The Kier molecular flexibility index (Phi) is 7.26. The van der Waals surface area contributed by atoms with Gasteiger partial charge in [0.2, 0.25) is 0 Å². The Labute approximate surface area is 215 Å². The van der Waals surface area contributed by atoms with Crippen LogP contribution in [0.25, 0.3) is 0 Å². The lowest BCUT2D eigenvalue weighted by molar-refractivity contribution is -0.385. The van der Waals surface area contributed by atoms with Crippen molar-refractivity contribution in [3.63, 3.8) is 0 Å². The molecule has 2 aromatic carbocycles. The van der Waals surface area contributed by atoms with Gasteiger partial charge in [0.25, 0.3) is 11.6 Å². The third-order valence-electron chi connectivity index (χ3n) is 7.17. The SMILES string of the molecule is COC(=O)c1c(C(=O)N2CCC3(CCN(C(=S)Nc4cc(C)cc(C)c4)CC3)C2)cccc1[N+](=O)[O-]. The molecule has 2 saturated heterocycles. The number of ether oxygens (including phenoxy) is 1. The van der Waals surface area contributed by atoms with Crippen molar-refractivity contribution in [1.82, 2.24) is 9.80 Å². The van der Waals surface area contributed by atoms with Gasteiger partial charge < -0.3 is 19.9 Å². The van der Waals surface area contributed by atoms with Gasteiger partial charge in [0, 0.05) is 37.9 Å². The first kappa shape index (κ1) is 25.6. The standard InChI is InChI=1S/C26H30N4O5S/c1-17-13-18(2)15-19(14-17)27-25(36)28-10-7-26(8-11-28)9-12-29(16-26)23(31)20-5-4-6-21(30(33)34)22(20)24(32)35-3/h4-6,13-15H,7-12,16H2,1-3H3,(H,27,36). The van der Waals surface area contributed by atoms with Crippen LogP contribution < -0.4 is 5.32 Å². The number of carbonyl (C=O) groups is 2. The quantitative estimate of drug-likeness (QED) is 0.281. The predicted molar refractivity (Wildman–Crippen MR) is 140 cm³/mol. The van der Waals surface area contributed by atoms with Gasteiger partial charge >= 0.3 is 5.97 Å². The van der Waals surface area contributed by atoms with Crippen molar-refractivity contribution in [3.8, 4) is 0 Å². The van der Waals surface area contributed by atoms with Gasteiger partial charge in [-0.25, -0.2) is 4.79 Å². The number of aryl methyl sites for hydroxylation is 2. The first-order valence-corrected chi connectivity index (χ1v) is 12.3. The van der Waals surface area contributed by atoms with Crippen molar-refractivity contribution < 1.29 is 19.2 Å². The third-order valence-corrected chi connectivity index (χ3v) is 7.53. The minimum atomic E-state index is -0.891. The molecule has 2 aromatic rings. The second-order valence-corrected chi connectivity index (χ2v) is 10.1. The van der Waals surface area contributed by atoms with Gasteiger partial charge in [0.05, 0.1) is 17.6 Å². The highest BCUT2D eigenvalue weighted by Gasteiger charge is 2.43. The Balaban J connectivity index is 1.42. The molecule has 190 valence electrons. The first-order chi connectivity index (χ1) is 17.1. The van der Waals surface area contributed by atoms with E-state index in [1.54, 1.807) is 4.90 Å². The normalized spacial score (nSPS) is 16.6. The molecule has 36 heavy (non-hydrogen) atoms. The van der Waals surface area contributed by atoms with E-state index in [1.807, 2.05) is 0 Å². The second kappa shape index (κ2) is 10.2. The Hall–Kier alpha value is -3.53. The summed E-state index contributed by atoms with van der Waals surface area (Å²) in [5, 5.41) is 15.5. The fourth-order valence-corrected chi connectivity index (χ4v) is 5.61. The van der Waals surface area contributed by atoms with Crippen LogP contribution in [-0.2, 0) is 4.74 Å². The highest BCUT2D eigenvalue weighted by molar-refractivity contribution is 7.80. The lowest BCUT2D eigenvalue weighted by atomic mass is 9.78. The molecule has 9 nitrogen and oxygen atoms in total. The van der Waals surface area contributed by atoms with Gasteiger partial charge in [-0.15, -0.1) is 0 Å². The van der Waals surface area contributed by atoms with Gasteiger partial charge in [0.1, 0.15) is 5.56 Å². The molecule has 2 aliphatic heterocycles. The largest absolute Gasteiger partial charge is 0.465 e. The number of benzene rings is 2. The van der Waals surface area contributed by atoms with Gasteiger partial charge in [-0.05, 0) is 80.1 Å². The van der Waals surface area contributed by atoms with E-state index >= 15 is 0 Å².